The normalized spacial score (nSPS) is 12.2. The molecule has 0 saturated carbocycles. The molecule has 0 atom stereocenters. The number of benzene rings is 1. The van der Waals surface area contributed by atoms with E-state index >= 15 is 0 Å². The van der Waals surface area contributed by atoms with Gasteiger partial charge in [-0.2, -0.15) is 17.8 Å². The minimum absolute atomic E-state index is 0.186. The van der Waals surface area contributed by atoms with Gasteiger partial charge in [0, 0.05) is 14.1 Å². The molecule has 0 bridgehead atoms. The van der Waals surface area contributed by atoms with Crippen molar-refractivity contribution in [3.05, 3.63) is 35.9 Å². The van der Waals surface area contributed by atoms with Gasteiger partial charge in [-0.15, -0.1) is 9.46 Å². The van der Waals surface area contributed by atoms with Crippen LogP contribution in [-0.2, 0) is 21.1 Å². The number of hydroxylamine groups is 1. The monoisotopic (exact) mass is 272 g/mol. The van der Waals surface area contributed by atoms with Crippen molar-refractivity contribution in [1.29, 1.82) is 0 Å². The molecule has 0 saturated heterocycles. The Morgan fingerprint density at radius 2 is 1.83 bits per heavy atom. The molecule has 7 nitrogen and oxygen atoms in total. The van der Waals surface area contributed by atoms with Gasteiger partial charge in [-0.25, -0.2) is 0 Å². The fraction of sp³-hybridized carbons (Fsp3) is 0.400. The molecule has 8 heteroatoms. The lowest BCUT2D eigenvalue weighted by molar-refractivity contribution is -0.0723. The van der Waals surface area contributed by atoms with Gasteiger partial charge < -0.3 is 0 Å². The second-order valence-corrected chi connectivity index (χ2v) is 5.33. The van der Waals surface area contributed by atoms with Gasteiger partial charge in [-0.1, -0.05) is 30.3 Å². The first kappa shape index (κ1) is 14.6. The van der Waals surface area contributed by atoms with Gasteiger partial charge in [0.1, 0.15) is 0 Å². The van der Waals surface area contributed by atoms with Gasteiger partial charge in [0.15, 0.2) is 0 Å². The zero-order valence-electron chi connectivity index (χ0n) is 10.5. The largest absolute Gasteiger partial charge is 0.360 e. The lowest BCUT2D eigenvalue weighted by atomic mass is 10.2. The number of hydrogen-bond acceptors (Lipinski definition) is 5. The minimum Gasteiger partial charge on any atom is -0.183 e. The van der Waals surface area contributed by atoms with Crippen molar-refractivity contribution >= 4 is 10.3 Å². The predicted molar refractivity (Wildman–Crippen MR) is 66.5 cm³/mol. The summed E-state index contributed by atoms with van der Waals surface area (Å²) in [6.07, 6.45) is 0. The third kappa shape index (κ3) is 4.40. The summed E-state index contributed by atoms with van der Waals surface area (Å²) >= 11 is 0. The Balaban J connectivity index is 2.79. The summed E-state index contributed by atoms with van der Waals surface area (Å²) in [7, 11) is 0.348. The van der Waals surface area contributed by atoms with E-state index in [-0.39, 0.29) is 6.54 Å². The third-order valence-electron chi connectivity index (χ3n) is 1.98. The lowest BCUT2D eigenvalue weighted by Crippen LogP contribution is -2.31. The average Bonchev–Trinajstić information content (AvgIpc) is 2.30. The number of hydrogen-bond donors (Lipinski definition) is 0. The molecular formula is C10H16N4O3S. The van der Waals surface area contributed by atoms with Crippen LogP contribution in [0.1, 0.15) is 5.56 Å². The predicted octanol–water partition coefficient (Wildman–Crippen LogP) is 1.22. The highest BCUT2D eigenvalue weighted by molar-refractivity contribution is 7.84. The van der Waals surface area contributed by atoms with Crippen molar-refractivity contribution in [1.82, 2.24) is 9.48 Å². The first-order valence-corrected chi connectivity index (χ1v) is 6.55. The van der Waals surface area contributed by atoms with Gasteiger partial charge >= 0.3 is 10.3 Å². The highest BCUT2D eigenvalue weighted by Gasteiger charge is 2.19. The van der Waals surface area contributed by atoms with Crippen molar-refractivity contribution in [2.45, 2.75) is 6.54 Å². The average molecular weight is 272 g/mol. The van der Waals surface area contributed by atoms with E-state index in [1.165, 1.54) is 21.1 Å². The molecule has 0 amide bonds. The van der Waals surface area contributed by atoms with Crippen molar-refractivity contribution in [3.8, 4) is 0 Å². The smallest absolute Gasteiger partial charge is 0.183 e. The second-order valence-electron chi connectivity index (χ2n) is 3.60. The fourth-order valence-corrected chi connectivity index (χ4v) is 1.52. The Bertz CT molecular complexity index is 487. The molecule has 0 spiro atoms. The summed E-state index contributed by atoms with van der Waals surface area (Å²) in [5, 5.41) is 8.06. The topological polar surface area (TPSA) is 74.6 Å². The van der Waals surface area contributed by atoms with Crippen molar-refractivity contribution < 1.29 is 12.7 Å². The summed E-state index contributed by atoms with van der Waals surface area (Å²) in [6.45, 7) is 0.186. The van der Waals surface area contributed by atoms with E-state index in [0.29, 0.717) is 0 Å². The molecule has 0 unspecified atom stereocenters. The third-order valence-corrected chi connectivity index (χ3v) is 3.23. The minimum atomic E-state index is -3.83. The summed E-state index contributed by atoms with van der Waals surface area (Å²) in [5.41, 5.74) is 0.860. The molecule has 18 heavy (non-hydrogen) atoms. The van der Waals surface area contributed by atoms with Gasteiger partial charge in [-0.05, 0) is 10.8 Å². The molecule has 100 valence electrons. The second kappa shape index (κ2) is 6.43. The van der Waals surface area contributed by atoms with E-state index in [1.807, 2.05) is 30.3 Å². The Kier molecular flexibility index (Phi) is 5.20. The van der Waals surface area contributed by atoms with Crippen LogP contribution in [0.15, 0.2) is 40.7 Å². The summed E-state index contributed by atoms with van der Waals surface area (Å²) in [6, 6.07) is 9.23. The van der Waals surface area contributed by atoms with Crippen LogP contribution in [-0.4, -0.2) is 39.0 Å². The van der Waals surface area contributed by atoms with Crippen LogP contribution >= 0.6 is 0 Å². The molecule has 0 fully saturated rings. The molecular weight excluding hydrogens is 256 g/mol. The van der Waals surface area contributed by atoms with E-state index in [0.717, 1.165) is 15.0 Å². The Labute approximate surface area is 107 Å². The molecule has 0 aliphatic carbocycles. The zero-order valence-corrected chi connectivity index (χ0v) is 11.3. The molecule has 0 N–H and O–H groups in total. The molecule has 1 aromatic carbocycles. The number of rotatable bonds is 6. The standard InChI is InChI=1S/C10H16N4O3S/c1-11-12-14(17-18(15,16)13(2)3)9-10-7-5-4-6-8-10/h4-8H,9H2,1-3H3. The molecule has 0 aliphatic heterocycles. The SMILES string of the molecule is CN=NN(Cc1ccccc1)OS(=O)(=O)N(C)C. The molecule has 0 aromatic heterocycles. The lowest BCUT2D eigenvalue weighted by Gasteiger charge is -2.18. The van der Waals surface area contributed by atoms with Crippen LogP contribution in [0.4, 0.5) is 0 Å². The maximum atomic E-state index is 11.6. The van der Waals surface area contributed by atoms with E-state index in [9.17, 15) is 8.42 Å². The highest BCUT2D eigenvalue weighted by atomic mass is 32.2. The van der Waals surface area contributed by atoms with Gasteiger partial charge in [0.05, 0.1) is 13.6 Å². The Morgan fingerprint density at radius 3 is 2.33 bits per heavy atom. The van der Waals surface area contributed by atoms with Crippen molar-refractivity contribution in [2.75, 3.05) is 21.1 Å². The van der Waals surface area contributed by atoms with Crippen LogP contribution < -0.4 is 0 Å². The first-order chi connectivity index (χ1) is 8.45. The van der Waals surface area contributed by atoms with Crippen molar-refractivity contribution in [2.24, 2.45) is 10.3 Å². The van der Waals surface area contributed by atoms with Gasteiger partial charge in [-0.3, -0.25) is 0 Å². The van der Waals surface area contributed by atoms with E-state index in [2.05, 4.69) is 10.3 Å². The quantitative estimate of drug-likeness (QED) is 0.576. The van der Waals surface area contributed by atoms with E-state index in [4.69, 9.17) is 4.28 Å². The van der Waals surface area contributed by atoms with E-state index < -0.39 is 10.3 Å². The van der Waals surface area contributed by atoms with Crippen LogP contribution in [0.2, 0.25) is 0 Å². The van der Waals surface area contributed by atoms with Gasteiger partial charge in [0.25, 0.3) is 0 Å². The summed E-state index contributed by atoms with van der Waals surface area (Å²) in [5.74, 6) is 0. The Morgan fingerprint density at radius 1 is 1.22 bits per heavy atom. The van der Waals surface area contributed by atoms with Crippen molar-refractivity contribution in [3.63, 3.8) is 0 Å². The van der Waals surface area contributed by atoms with E-state index in [1.54, 1.807) is 0 Å². The summed E-state index contributed by atoms with van der Waals surface area (Å²) < 4.78 is 28.9. The van der Waals surface area contributed by atoms with Crippen LogP contribution in [0, 0.1) is 0 Å². The molecule has 1 aromatic rings. The fourth-order valence-electron chi connectivity index (χ4n) is 1.09. The zero-order chi connectivity index (χ0) is 13.6. The molecule has 0 radical (unpaired) electrons. The molecule has 0 aliphatic rings. The highest BCUT2D eigenvalue weighted by Crippen LogP contribution is 2.09. The molecule has 1 rings (SSSR count). The Hall–Kier alpha value is -1.51. The van der Waals surface area contributed by atoms with Gasteiger partial charge in [0.2, 0.25) is 0 Å². The van der Waals surface area contributed by atoms with Crippen LogP contribution in [0.3, 0.4) is 0 Å². The number of nitrogens with zero attached hydrogens (tertiary/aromatic N) is 4. The maximum Gasteiger partial charge on any atom is 0.360 e. The maximum absolute atomic E-state index is 11.6. The van der Waals surface area contributed by atoms with Crippen LogP contribution in [0.5, 0.6) is 0 Å². The first-order valence-electron chi connectivity index (χ1n) is 5.19. The molecule has 0 heterocycles. The van der Waals surface area contributed by atoms with Crippen LogP contribution in [0.25, 0.3) is 0 Å². The summed E-state index contributed by atoms with van der Waals surface area (Å²) in [4.78, 5) is 0.